The van der Waals surface area contributed by atoms with Crippen LogP contribution < -0.4 is 5.73 Å². The van der Waals surface area contributed by atoms with Gasteiger partial charge in [0.25, 0.3) is 0 Å². The Bertz CT molecular complexity index is 561. The van der Waals surface area contributed by atoms with Gasteiger partial charge >= 0.3 is 0 Å². The smallest absolute Gasteiger partial charge is 0.197 e. The molecule has 17 heavy (non-hydrogen) atoms. The van der Waals surface area contributed by atoms with E-state index in [1.807, 2.05) is 0 Å². The van der Waals surface area contributed by atoms with Gasteiger partial charge in [0.15, 0.2) is 5.78 Å². The molecule has 0 aliphatic carbocycles. The van der Waals surface area contributed by atoms with E-state index in [-0.39, 0.29) is 17.2 Å². The maximum absolute atomic E-state index is 13.0. The first kappa shape index (κ1) is 11.3. The number of benzene rings is 1. The van der Waals surface area contributed by atoms with Crippen molar-refractivity contribution in [1.82, 2.24) is 4.98 Å². The van der Waals surface area contributed by atoms with E-state index in [4.69, 9.17) is 5.73 Å². The van der Waals surface area contributed by atoms with Gasteiger partial charge < -0.3 is 5.73 Å². The van der Waals surface area contributed by atoms with Crippen molar-refractivity contribution in [2.75, 3.05) is 5.73 Å². The highest BCUT2D eigenvalue weighted by Gasteiger charge is 2.15. The topological polar surface area (TPSA) is 56.0 Å². The summed E-state index contributed by atoms with van der Waals surface area (Å²) in [4.78, 5) is 16.0. The van der Waals surface area contributed by atoms with Crippen LogP contribution in [-0.4, -0.2) is 10.8 Å². The number of hydrogen-bond acceptors (Lipinski definition) is 3. The predicted molar refractivity (Wildman–Crippen MR) is 63.2 cm³/mol. The zero-order valence-electron chi connectivity index (χ0n) is 9.27. The molecule has 3 nitrogen and oxygen atoms in total. The van der Waals surface area contributed by atoms with E-state index >= 15 is 0 Å². The first-order valence-corrected chi connectivity index (χ1v) is 5.11. The Kier molecular flexibility index (Phi) is 2.87. The molecule has 0 fully saturated rings. The normalized spacial score (nSPS) is 10.2. The summed E-state index contributed by atoms with van der Waals surface area (Å²) in [5, 5.41) is 0. The maximum atomic E-state index is 13.0. The SMILES string of the molecule is Cc1ccnc(N)c1C(=O)c1cccc(F)c1. The number of nitrogens with zero attached hydrogens (tertiary/aromatic N) is 1. The molecule has 0 amide bonds. The van der Waals surface area contributed by atoms with Crippen molar-refractivity contribution in [2.24, 2.45) is 0 Å². The number of anilines is 1. The molecule has 0 saturated heterocycles. The number of pyridine rings is 1. The largest absolute Gasteiger partial charge is 0.383 e. The second-order valence-electron chi connectivity index (χ2n) is 3.73. The Labute approximate surface area is 98.1 Å². The van der Waals surface area contributed by atoms with Crippen molar-refractivity contribution in [3.05, 3.63) is 59.0 Å². The average Bonchev–Trinajstić information content (AvgIpc) is 2.28. The van der Waals surface area contributed by atoms with Gasteiger partial charge in [-0.15, -0.1) is 0 Å². The number of carbonyl (C=O) groups is 1. The summed E-state index contributed by atoms with van der Waals surface area (Å²) in [6.07, 6.45) is 1.53. The van der Waals surface area contributed by atoms with Crippen molar-refractivity contribution in [2.45, 2.75) is 6.92 Å². The van der Waals surface area contributed by atoms with Crippen molar-refractivity contribution >= 4 is 11.6 Å². The lowest BCUT2D eigenvalue weighted by Gasteiger charge is -2.07. The number of halogens is 1. The van der Waals surface area contributed by atoms with E-state index in [1.165, 1.54) is 24.4 Å². The molecular formula is C13H11FN2O. The molecule has 1 aromatic carbocycles. The van der Waals surface area contributed by atoms with E-state index in [1.54, 1.807) is 19.1 Å². The number of ketones is 1. The minimum absolute atomic E-state index is 0.166. The second-order valence-corrected chi connectivity index (χ2v) is 3.73. The minimum atomic E-state index is -0.448. The summed E-state index contributed by atoms with van der Waals surface area (Å²) in [6, 6.07) is 7.22. The molecule has 2 N–H and O–H groups in total. The second kappa shape index (κ2) is 4.33. The third-order valence-electron chi connectivity index (χ3n) is 2.50. The van der Waals surface area contributed by atoms with Crippen molar-refractivity contribution < 1.29 is 9.18 Å². The molecule has 0 spiro atoms. The Morgan fingerprint density at radius 1 is 1.35 bits per heavy atom. The van der Waals surface area contributed by atoms with Crippen LogP contribution in [0.25, 0.3) is 0 Å². The lowest BCUT2D eigenvalue weighted by Crippen LogP contribution is -2.09. The first-order chi connectivity index (χ1) is 8.09. The fourth-order valence-corrected chi connectivity index (χ4v) is 1.65. The molecule has 0 aliphatic heterocycles. The van der Waals surface area contributed by atoms with Crippen LogP contribution in [0, 0.1) is 12.7 Å². The Balaban J connectivity index is 2.51. The lowest BCUT2D eigenvalue weighted by molar-refractivity contribution is 0.103. The molecule has 2 rings (SSSR count). The van der Waals surface area contributed by atoms with E-state index in [9.17, 15) is 9.18 Å². The first-order valence-electron chi connectivity index (χ1n) is 5.11. The van der Waals surface area contributed by atoms with E-state index < -0.39 is 5.82 Å². The third-order valence-corrected chi connectivity index (χ3v) is 2.50. The van der Waals surface area contributed by atoms with Crippen molar-refractivity contribution in [1.29, 1.82) is 0 Å². The number of nitrogen functional groups attached to an aromatic ring is 1. The van der Waals surface area contributed by atoms with E-state index in [0.29, 0.717) is 5.56 Å². The van der Waals surface area contributed by atoms with Crippen LogP contribution in [0.2, 0.25) is 0 Å². The van der Waals surface area contributed by atoms with Gasteiger partial charge in [-0.05, 0) is 30.7 Å². The summed E-state index contributed by atoms with van der Waals surface area (Å²) < 4.78 is 13.0. The standard InChI is InChI=1S/C13H11FN2O/c1-8-5-6-16-13(15)11(8)12(17)9-3-2-4-10(14)7-9/h2-7H,1H3,(H2,15,16). The van der Waals surface area contributed by atoms with Crippen LogP contribution >= 0.6 is 0 Å². The number of carbonyl (C=O) groups excluding carboxylic acids is 1. The zero-order valence-corrected chi connectivity index (χ0v) is 9.27. The Morgan fingerprint density at radius 3 is 2.76 bits per heavy atom. The molecule has 0 atom stereocenters. The van der Waals surface area contributed by atoms with Gasteiger partial charge in [0.05, 0.1) is 5.56 Å². The molecule has 0 bridgehead atoms. The Morgan fingerprint density at radius 2 is 2.12 bits per heavy atom. The predicted octanol–water partition coefficient (Wildman–Crippen LogP) is 2.34. The van der Waals surface area contributed by atoms with Crippen LogP contribution in [0.1, 0.15) is 21.5 Å². The van der Waals surface area contributed by atoms with Crippen LogP contribution in [0.15, 0.2) is 36.5 Å². The van der Waals surface area contributed by atoms with Gasteiger partial charge in [0.1, 0.15) is 11.6 Å². The maximum Gasteiger partial charge on any atom is 0.197 e. The molecule has 1 aromatic heterocycles. The number of aromatic nitrogens is 1. The van der Waals surface area contributed by atoms with Gasteiger partial charge in [0, 0.05) is 11.8 Å². The van der Waals surface area contributed by atoms with Crippen LogP contribution in [0.5, 0.6) is 0 Å². The molecule has 4 heteroatoms. The van der Waals surface area contributed by atoms with Crippen molar-refractivity contribution in [3.63, 3.8) is 0 Å². The van der Waals surface area contributed by atoms with Gasteiger partial charge in [-0.2, -0.15) is 0 Å². The van der Waals surface area contributed by atoms with Gasteiger partial charge in [-0.3, -0.25) is 4.79 Å². The van der Waals surface area contributed by atoms with Crippen molar-refractivity contribution in [3.8, 4) is 0 Å². The number of hydrogen-bond donors (Lipinski definition) is 1. The van der Waals surface area contributed by atoms with Gasteiger partial charge in [-0.25, -0.2) is 9.37 Å². The molecule has 0 unspecified atom stereocenters. The van der Waals surface area contributed by atoms with Gasteiger partial charge in [0.2, 0.25) is 0 Å². The highest BCUT2D eigenvalue weighted by Crippen LogP contribution is 2.18. The molecule has 0 radical (unpaired) electrons. The van der Waals surface area contributed by atoms with Crippen LogP contribution in [0.3, 0.4) is 0 Å². The average molecular weight is 230 g/mol. The third kappa shape index (κ3) is 2.15. The fraction of sp³-hybridized carbons (Fsp3) is 0.0769. The lowest BCUT2D eigenvalue weighted by atomic mass is 10.00. The molecule has 2 aromatic rings. The monoisotopic (exact) mass is 230 g/mol. The fourth-order valence-electron chi connectivity index (χ4n) is 1.65. The summed E-state index contributed by atoms with van der Waals surface area (Å²) >= 11 is 0. The number of aryl methyl sites for hydroxylation is 1. The molecule has 1 heterocycles. The summed E-state index contributed by atoms with van der Waals surface area (Å²) in [5.74, 6) is -0.595. The zero-order chi connectivity index (χ0) is 12.4. The van der Waals surface area contributed by atoms with Gasteiger partial charge in [-0.1, -0.05) is 12.1 Å². The molecule has 86 valence electrons. The van der Waals surface area contributed by atoms with E-state index in [0.717, 1.165) is 5.56 Å². The Hall–Kier alpha value is -2.23. The highest BCUT2D eigenvalue weighted by molar-refractivity contribution is 6.12. The van der Waals surface area contributed by atoms with E-state index in [2.05, 4.69) is 4.98 Å². The highest BCUT2D eigenvalue weighted by atomic mass is 19.1. The molecular weight excluding hydrogens is 219 g/mol. The number of nitrogens with two attached hydrogens (primary N) is 1. The van der Waals surface area contributed by atoms with Crippen LogP contribution in [-0.2, 0) is 0 Å². The molecule has 0 aliphatic rings. The number of rotatable bonds is 2. The minimum Gasteiger partial charge on any atom is -0.383 e. The van der Waals surface area contributed by atoms with Crippen LogP contribution in [0.4, 0.5) is 10.2 Å². The quantitative estimate of drug-likeness (QED) is 0.805. The summed E-state index contributed by atoms with van der Waals surface area (Å²) in [6.45, 7) is 1.77. The summed E-state index contributed by atoms with van der Waals surface area (Å²) in [5.41, 5.74) is 7.00. The summed E-state index contributed by atoms with van der Waals surface area (Å²) in [7, 11) is 0. The molecule has 0 saturated carbocycles.